The number of benzene rings is 3. The van der Waals surface area contributed by atoms with Crippen molar-refractivity contribution < 1.29 is 28.3 Å². The van der Waals surface area contributed by atoms with E-state index in [1.807, 2.05) is 39.0 Å². The number of aryl methyl sites for hydroxylation is 3. The first-order chi connectivity index (χ1) is 16.1. The summed E-state index contributed by atoms with van der Waals surface area (Å²) in [5, 5.41) is 0. The van der Waals surface area contributed by atoms with E-state index in [0.717, 1.165) is 16.7 Å². The highest BCUT2D eigenvalue weighted by Gasteiger charge is 2.38. The summed E-state index contributed by atoms with van der Waals surface area (Å²) in [6.07, 6.45) is 0. The Balaban J connectivity index is 1.90. The van der Waals surface area contributed by atoms with E-state index in [1.54, 1.807) is 57.2 Å². The van der Waals surface area contributed by atoms with Crippen molar-refractivity contribution in [2.45, 2.75) is 41.5 Å². The molecule has 3 aromatic rings. The second kappa shape index (κ2) is 10.4. The third-order valence-electron chi connectivity index (χ3n) is 6.08. The summed E-state index contributed by atoms with van der Waals surface area (Å²) in [6, 6.07) is 15.6. The molecule has 3 aromatic carbocycles. The van der Waals surface area contributed by atoms with Crippen molar-refractivity contribution in [2.24, 2.45) is 0 Å². The summed E-state index contributed by atoms with van der Waals surface area (Å²) in [4.78, 5) is 38.7. The zero-order chi connectivity index (χ0) is 25.0. The Labute approximate surface area is 200 Å². The fourth-order valence-electron chi connectivity index (χ4n) is 3.44. The molecule has 0 heterocycles. The van der Waals surface area contributed by atoms with Gasteiger partial charge in [0.05, 0.1) is 16.7 Å². The zero-order valence-electron chi connectivity index (χ0n) is 20.2. The van der Waals surface area contributed by atoms with Crippen LogP contribution in [0.4, 0.5) is 0 Å². The standard InChI is InChI=1S/C27H27BO6/c1-16-10-7-13-22(19(16)4)25(29)32-28(33-26(30)23-14-8-11-17(2)20(23)5)34-27(31)24-15-9-12-18(3)21(24)6/h7-15H,1-6H3. The van der Waals surface area contributed by atoms with Crippen LogP contribution in [-0.2, 0) is 14.0 Å². The van der Waals surface area contributed by atoms with E-state index in [1.165, 1.54) is 0 Å². The van der Waals surface area contributed by atoms with Crippen molar-refractivity contribution in [1.29, 1.82) is 0 Å². The molecule has 0 atom stereocenters. The fourth-order valence-corrected chi connectivity index (χ4v) is 3.44. The summed E-state index contributed by atoms with van der Waals surface area (Å²) in [5.41, 5.74) is 5.69. The normalized spacial score (nSPS) is 10.4. The highest BCUT2D eigenvalue weighted by Crippen LogP contribution is 2.19. The Morgan fingerprint density at radius 2 is 0.765 bits per heavy atom. The van der Waals surface area contributed by atoms with Crippen LogP contribution in [0.25, 0.3) is 0 Å². The minimum atomic E-state index is -1.87. The van der Waals surface area contributed by atoms with Gasteiger partial charge in [0, 0.05) is 0 Å². The third-order valence-corrected chi connectivity index (χ3v) is 6.08. The molecule has 0 aliphatic heterocycles. The summed E-state index contributed by atoms with van der Waals surface area (Å²) in [6.45, 7) is 10.9. The zero-order valence-corrected chi connectivity index (χ0v) is 20.2. The van der Waals surface area contributed by atoms with Crippen LogP contribution in [0.3, 0.4) is 0 Å². The molecule has 0 spiro atoms. The van der Waals surface area contributed by atoms with Gasteiger partial charge in [-0.2, -0.15) is 0 Å². The van der Waals surface area contributed by atoms with Gasteiger partial charge in [0.2, 0.25) is 0 Å². The lowest BCUT2D eigenvalue weighted by Gasteiger charge is -2.16. The van der Waals surface area contributed by atoms with E-state index in [0.29, 0.717) is 16.7 Å². The lowest BCUT2D eigenvalue weighted by Crippen LogP contribution is -2.35. The van der Waals surface area contributed by atoms with Gasteiger partial charge < -0.3 is 14.0 Å². The van der Waals surface area contributed by atoms with Crippen LogP contribution < -0.4 is 0 Å². The number of carbonyl (C=O) groups is 3. The highest BCUT2D eigenvalue weighted by atomic mass is 16.8. The van der Waals surface area contributed by atoms with Crippen molar-refractivity contribution >= 4 is 25.2 Å². The molecule has 0 saturated carbocycles. The van der Waals surface area contributed by atoms with Crippen LogP contribution in [0.15, 0.2) is 54.6 Å². The predicted octanol–water partition coefficient (Wildman–Crippen LogP) is 5.39. The predicted molar refractivity (Wildman–Crippen MR) is 130 cm³/mol. The largest absolute Gasteiger partial charge is 0.870 e. The third kappa shape index (κ3) is 5.37. The van der Waals surface area contributed by atoms with Gasteiger partial charge in [0.15, 0.2) is 0 Å². The Hall–Kier alpha value is -3.87. The van der Waals surface area contributed by atoms with E-state index in [4.69, 9.17) is 14.0 Å². The molecule has 0 fully saturated rings. The molecule has 0 saturated heterocycles. The van der Waals surface area contributed by atoms with E-state index in [2.05, 4.69) is 0 Å². The minimum absolute atomic E-state index is 0.288. The van der Waals surface area contributed by atoms with E-state index in [-0.39, 0.29) is 16.7 Å². The smallest absolute Gasteiger partial charge is 0.458 e. The molecule has 174 valence electrons. The number of carbonyl (C=O) groups excluding carboxylic acids is 3. The van der Waals surface area contributed by atoms with Gasteiger partial charge in [-0.3, -0.25) is 0 Å². The van der Waals surface area contributed by atoms with Crippen LogP contribution >= 0.6 is 0 Å². The summed E-state index contributed by atoms with van der Waals surface area (Å²) in [5.74, 6) is -2.31. The molecule has 0 aromatic heterocycles. The van der Waals surface area contributed by atoms with Gasteiger partial charge in [-0.05, 0) is 93.1 Å². The molecule has 6 nitrogen and oxygen atoms in total. The lowest BCUT2D eigenvalue weighted by atomic mass is 10.0. The summed E-state index contributed by atoms with van der Waals surface area (Å²) in [7, 11) is -1.87. The Morgan fingerprint density at radius 1 is 0.500 bits per heavy atom. The number of hydrogen-bond acceptors (Lipinski definition) is 6. The maximum Gasteiger partial charge on any atom is 0.870 e. The molecule has 0 radical (unpaired) electrons. The average molecular weight is 458 g/mol. The molecule has 0 amide bonds. The molecule has 34 heavy (non-hydrogen) atoms. The molecular weight excluding hydrogens is 431 g/mol. The van der Waals surface area contributed by atoms with Crippen LogP contribution in [0.2, 0.25) is 0 Å². The van der Waals surface area contributed by atoms with Gasteiger partial charge in [-0.25, -0.2) is 14.4 Å². The van der Waals surface area contributed by atoms with E-state index < -0.39 is 25.2 Å². The quantitative estimate of drug-likeness (QED) is 0.461. The van der Waals surface area contributed by atoms with Gasteiger partial charge in [-0.1, -0.05) is 36.4 Å². The first-order valence-electron chi connectivity index (χ1n) is 10.9. The second-order valence-electron chi connectivity index (χ2n) is 8.25. The number of rotatable bonds is 6. The first-order valence-corrected chi connectivity index (χ1v) is 10.9. The van der Waals surface area contributed by atoms with Crippen molar-refractivity contribution in [1.82, 2.24) is 0 Å². The van der Waals surface area contributed by atoms with Crippen LogP contribution in [0.1, 0.15) is 64.5 Å². The molecule has 0 aliphatic rings. The van der Waals surface area contributed by atoms with Crippen LogP contribution in [0, 0.1) is 41.5 Å². The monoisotopic (exact) mass is 458 g/mol. The van der Waals surface area contributed by atoms with Crippen LogP contribution in [0.5, 0.6) is 0 Å². The van der Waals surface area contributed by atoms with Crippen molar-refractivity contribution in [3.63, 3.8) is 0 Å². The van der Waals surface area contributed by atoms with Crippen LogP contribution in [-0.4, -0.2) is 25.2 Å². The minimum Gasteiger partial charge on any atom is -0.458 e. The van der Waals surface area contributed by atoms with Gasteiger partial charge in [0.25, 0.3) is 0 Å². The molecule has 7 heteroatoms. The molecule has 0 unspecified atom stereocenters. The summed E-state index contributed by atoms with van der Waals surface area (Å²) >= 11 is 0. The van der Waals surface area contributed by atoms with Crippen molar-refractivity contribution in [2.75, 3.05) is 0 Å². The Kier molecular flexibility index (Phi) is 7.56. The average Bonchev–Trinajstić information content (AvgIpc) is 2.79. The molecule has 0 N–H and O–H groups in total. The van der Waals surface area contributed by atoms with E-state index >= 15 is 0 Å². The molecule has 0 bridgehead atoms. The van der Waals surface area contributed by atoms with Crippen molar-refractivity contribution in [3.8, 4) is 0 Å². The van der Waals surface area contributed by atoms with Gasteiger partial charge in [0.1, 0.15) is 0 Å². The highest BCUT2D eigenvalue weighted by molar-refractivity contribution is 6.45. The van der Waals surface area contributed by atoms with Crippen molar-refractivity contribution in [3.05, 3.63) is 105 Å². The van der Waals surface area contributed by atoms with Gasteiger partial charge in [-0.15, -0.1) is 0 Å². The Morgan fingerprint density at radius 3 is 1.03 bits per heavy atom. The summed E-state index contributed by atoms with van der Waals surface area (Å²) < 4.78 is 16.1. The van der Waals surface area contributed by atoms with E-state index in [9.17, 15) is 14.4 Å². The second-order valence-corrected chi connectivity index (χ2v) is 8.25. The molecule has 0 aliphatic carbocycles. The van der Waals surface area contributed by atoms with Gasteiger partial charge >= 0.3 is 25.2 Å². The number of hydrogen-bond donors (Lipinski definition) is 0. The Bertz CT molecular complexity index is 1110. The lowest BCUT2D eigenvalue weighted by molar-refractivity contribution is 0.0409. The first kappa shape index (κ1) is 24.8. The molecular formula is C27H27BO6. The fraction of sp³-hybridized carbons (Fsp3) is 0.222. The maximum absolute atomic E-state index is 12.9. The SMILES string of the molecule is Cc1cccc(C(=O)OB(OC(=O)c2cccc(C)c2C)OC(=O)c2cccc(C)c2C)c1C. The molecule has 3 rings (SSSR count). The maximum atomic E-state index is 12.9. The topological polar surface area (TPSA) is 78.9 Å².